The zero-order chi connectivity index (χ0) is 24.1. The van der Waals surface area contributed by atoms with Crippen LogP contribution in [-0.2, 0) is 20.0 Å². The third-order valence-electron chi connectivity index (χ3n) is 5.23. The quantitative estimate of drug-likeness (QED) is 0.251. The second kappa shape index (κ2) is 10.1. The number of aliphatic hydroxyl groups is 1. The topological polar surface area (TPSA) is 139 Å². The summed E-state index contributed by atoms with van der Waals surface area (Å²) < 4.78 is 8.45. The number of benzene rings is 1. The van der Waals surface area contributed by atoms with E-state index >= 15 is 0 Å². The zero-order valence-electron chi connectivity index (χ0n) is 18.8. The van der Waals surface area contributed by atoms with Gasteiger partial charge in [-0.05, 0) is 41.8 Å². The van der Waals surface area contributed by atoms with Crippen LogP contribution in [-0.4, -0.2) is 48.1 Å². The Morgan fingerprint density at radius 3 is 2.82 bits per heavy atom. The lowest BCUT2D eigenvalue weighted by atomic mass is 10.2. The van der Waals surface area contributed by atoms with Crippen molar-refractivity contribution in [2.75, 3.05) is 12.0 Å². The van der Waals surface area contributed by atoms with Gasteiger partial charge in [0.15, 0.2) is 11.2 Å². The van der Waals surface area contributed by atoms with E-state index in [-0.39, 0.29) is 30.3 Å². The monoisotopic (exact) mass is 463 g/mol. The van der Waals surface area contributed by atoms with E-state index in [9.17, 15) is 14.7 Å². The average Bonchev–Trinajstić information content (AvgIpc) is 3.20. The average molecular weight is 463 g/mol. The summed E-state index contributed by atoms with van der Waals surface area (Å²) in [7, 11) is 1.50. The summed E-state index contributed by atoms with van der Waals surface area (Å²) in [5.41, 5.74) is 3.83. The Labute approximate surface area is 194 Å². The second-order valence-corrected chi connectivity index (χ2v) is 7.65. The lowest BCUT2D eigenvalue weighted by Gasteiger charge is -2.15. The van der Waals surface area contributed by atoms with Gasteiger partial charge in [0.2, 0.25) is 5.95 Å². The van der Waals surface area contributed by atoms with E-state index in [4.69, 9.17) is 4.74 Å². The summed E-state index contributed by atoms with van der Waals surface area (Å²) in [6.45, 7) is 2.03. The Balaban J connectivity index is 1.60. The van der Waals surface area contributed by atoms with Crippen LogP contribution in [0, 0.1) is 0 Å². The molecule has 3 heterocycles. The molecule has 0 fully saturated rings. The van der Waals surface area contributed by atoms with Crippen molar-refractivity contribution in [2.45, 2.75) is 26.0 Å². The highest BCUT2D eigenvalue weighted by atomic mass is 16.5. The summed E-state index contributed by atoms with van der Waals surface area (Å²) in [6, 6.07) is 11.2. The van der Waals surface area contributed by atoms with Crippen molar-refractivity contribution in [1.29, 1.82) is 0 Å². The smallest absolute Gasteiger partial charge is 0.329 e. The van der Waals surface area contributed by atoms with E-state index in [1.54, 1.807) is 30.7 Å². The fourth-order valence-corrected chi connectivity index (χ4v) is 3.42. The van der Waals surface area contributed by atoms with Crippen molar-refractivity contribution in [3.05, 3.63) is 80.8 Å². The van der Waals surface area contributed by atoms with Crippen LogP contribution >= 0.6 is 0 Å². The number of hydrogen-bond donors (Lipinski definition) is 3. The maximum absolute atomic E-state index is 12.6. The molecule has 1 atom stereocenters. The fraction of sp³-hybridized carbons (Fsp3) is 0.261. The molecule has 11 heteroatoms. The number of anilines is 1. The number of ether oxygens (including phenoxy) is 1. The molecule has 11 nitrogen and oxygen atoms in total. The largest absolute Gasteiger partial charge is 0.491 e. The molecular weight excluding hydrogens is 438 g/mol. The number of pyridine rings is 1. The molecule has 0 spiro atoms. The van der Waals surface area contributed by atoms with Gasteiger partial charge in [0.1, 0.15) is 18.5 Å². The van der Waals surface area contributed by atoms with Gasteiger partial charge in [0, 0.05) is 19.4 Å². The van der Waals surface area contributed by atoms with Crippen LogP contribution in [0.3, 0.4) is 0 Å². The van der Waals surface area contributed by atoms with Gasteiger partial charge in [0.05, 0.1) is 12.8 Å². The van der Waals surface area contributed by atoms with E-state index in [2.05, 4.69) is 32.4 Å². The Kier molecular flexibility index (Phi) is 6.83. The normalized spacial score (nSPS) is 12.3. The van der Waals surface area contributed by atoms with Gasteiger partial charge >= 0.3 is 5.69 Å². The van der Waals surface area contributed by atoms with Gasteiger partial charge in [-0.3, -0.25) is 19.3 Å². The van der Waals surface area contributed by atoms with Crippen molar-refractivity contribution < 1.29 is 9.84 Å². The molecule has 0 bridgehead atoms. The van der Waals surface area contributed by atoms with Crippen LogP contribution in [0.4, 0.5) is 5.95 Å². The number of aliphatic hydroxyl groups excluding tert-OH is 1. The molecule has 0 aliphatic heterocycles. The summed E-state index contributed by atoms with van der Waals surface area (Å²) in [5, 5.41) is 14.9. The van der Waals surface area contributed by atoms with E-state index in [1.165, 1.54) is 16.2 Å². The molecule has 0 saturated carbocycles. The predicted molar refractivity (Wildman–Crippen MR) is 128 cm³/mol. The van der Waals surface area contributed by atoms with Crippen LogP contribution in [0.2, 0.25) is 0 Å². The first-order chi connectivity index (χ1) is 16.5. The first kappa shape index (κ1) is 22.9. The predicted octanol–water partition coefficient (Wildman–Crippen LogP) is 1.27. The first-order valence-corrected chi connectivity index (χ1v) is 10.7. The molecule has 3 N–H and O–H groups in total. The van der Waals surface area contributed by atoms with Crippen LogP contribution in [0.25, 0.3) is 11.2 Å². The number of imidazole rings is 1. The van der Waals surface area contributed by atoms with Crippen molar-refractivity contribution in [1.82, 2.24) is 24.1 Å². The third kappa shape index (κ3) is 5.04. The molecule has 0 aliphatic rings. The van der Waals surface area contributed by atoms with Crippen molar-refractivity contribution in [3.8, 4) is 5.75 Å². The van der Waals surface area contributed by atoms with Crippen LogP contribution < -0.4 is 21.4 Å². The van der Waals surface area contributed by atoms with E-state index in [0.29, 0.717) is 5.75 Å². The molecule has 0 aliphatic carbocycles. The Morgan fingerprint density at radius 2 is 2.06 bits per heavy atom. The van der Waals surface area contributed by atoms with Crippen molar-refractivity contribution in [3.63, 3.8) is 0 Å². The van der Waals surface area contributed by atoms with E-state index in [0.717, 1.165) is 17.5 Å². The molecule has 4 aromatic rings. The Bertz CT molecular complexity index is 1420. The number of rotatable bonds is 9. The SMILES string of the molecule is CCc1cccc(OC[C@H](O)Cn2c(N/N=C/c3ccncc3)nc3c2c(=O)[nH]c(=O)n3C)c1. The number of hydrazone groups is 1. The summed E-state index contributed by atoms with van der Waals surface area (Å²) in [6.07, 6.45) is 4.74. The lowest BCUT2D eigenvalue weighted by Crippen LogP contribution is -2.30. The van der Waals surface area contributed by atoms with Crippen LogP contribution in [0.1, 0.15) is 18.1 Å². The first-order valence-electron chi connectivity index (χ1n) is 10.7. The second-order valence-electron chi connectivity index (χ2n) is 7.65. The van der Waals surface area contributed by atoms with Crippen LogP contribution in [0.5, 0.6) is 5.75 Å². The number of aryl methyl sites for hydroxylation is 2. The van der Waals surface area contributed by atoms with E-state index in [1.807, 2.05) is 24.3 Å². The highest BCUT2D eigenvalue weighted by Crippen LogP contribution is 2.18. The van der Waals surface area contributed by atoms with Gasteiger partial charge in [-0.25, -0.2) is 10.2 Å². The number of nitrogens with zero attached hydrogens (tertiary/aromatic N) is 5. The van der Waals surface area contributed by atoms with Gasteiger partial charge < -0.3 is 14.4 Å². The molecule has 3 aromatic heterocycles. The Hall–Kier alpha value is -4.25. The van der Waals surface area contributed by atoms with E-state index < -0.39 is 17.4 Å². The van der Waals surface area contributed by atoms with Crippen molar-refractivity contribution in [2.24, 2.45) is 12.1 Å². The number of nitrogens with one attached hydrogen (secondary N) is 2. The third-order valence-corrected chi connectivity index (χ3v) is 5.23. The number of hydrogen-bond acceptors (Lipinski definition) is 8. The summed E-state index contributed by atoms with van der Waals surface area (Å²) in [4.78, 5) is 35.2. The molecule has 1 aromatic carbocycles. The molecule has 0 unspecified atom stereocenters. The van der Waals surface area contributed by atoms with Crippen molar-refractivity contribution >= 4 is 23.3 Å². The van der Waals surface area contributed by atoms with Gasteiger partial charge in [-0.1, -0.05) is 19.1 Å². The van der Waals surface area contributed by atoms with Gasteiger partial charge in [-0.15, -0.1) is 0 Å². The van der Waals surface area contributed by atoms with Crippen LogP contribution in [0.15, 0.2) is 63.5 Å². The summed E-state index contributed by atoms with van der Waals surface area (Å²) in [5.74, 6) is 0.841. The molecule has 34 heavy (non-hydrogen) atoms. The number of aromatic amines is 1. The summed E-state index contributed by atoms with van der Waals surface area (Å²) >= 11 is 0. The fourth-order valence-electron chi connectivity index (χ4n) is 3.42. The lowest BCUT2D eigenvalue weighted by molar-refractivity contribution is 0.0938. The molecule has 176 valence electrons. The molecule has 4 rings (SSSR count). The number of fused-ring (bicyclic) bond motifs is 1. The minimum Gasteiger partial charge on any atom is -0.491 e. The number of H-pyrrole nitrogens is 1. The highest BCUT2D eigenvalue weighted by Gasteiger charge is 2.20. The standard InChI is InChI=1S/C23H25N7O4/c1-3-15-5-4-6-18(11-15)34-14-17(31)13-30-19-20(29(2)23(33)27-21(19)32)26-22(30)28-25-12-16-7-9-24-10-8-16/h4-12,17,31H,3,13-14H2,1-2H3,(H,26,28)(H,27,32,33)/b25-12+/t17-/m1/s1. The minimum atomic E-state index is -0.968. The minimum absolute atomic E-state index is 0.00374. The van der Waals surface area contributed by atoms with Gasteiger partial charge in [0.25, 0.3) is 5.56 Å². The molecule has 0 amide bonds. The number of aromatic nitrogens is 5. The maximum atomic E-state index is 12.6. The van der Waals surface area contributed by atoms with Gasteiger partial charge in [-0.2, -0.15) is 10.1 Å². The molecule has 0 radical (unpaired) electrons. The zero-order valence-corrected chi connectivity index (χ0v) is 18.8. The Morgan fingerprint density at radius 1 is 1.26 bits per heavy atom. The molecular formula is C23H25N7O4. The molecule has 0 saturated heterocycles. The highest BCUT2D eigenvalue weighted by molar-refractivity contribution is 5.80. The maximum Gasteiger partial charge on any atom is 0.329 e.